The van der Waals surface area contributed by atoms with Crippen LogP contribution in [0.2, 0.25) is 0 Å². The highest BCUT2D eigenvalue weighted by molar-refractivity contribution is 5.91. The van der Waals surface area contributed by atoms with E-state index in [2.05, 4.69) is 15.3 Å². The average molecular weight is 340 g/mol. The van der Waals surface area contributed by atoms with E-state index in [1.54, 1.807) is 6.07 Å². The van der Waals surface area contributed by atoms with Crippen molar-refractivity contribution in [1.29, 1.82) is 0 Å². The van der Waals surface area contributed by atoms with E-state index < -0.39 is 0 Å². The molecule has 0 amide bonds. The third-order valence-corrected chi connectivity index (χ3v) is 4.42. The smallest absolute Gasteiger partial charge is 0.274 e. The minimum Gasteiger partial charge on any atom is -0.416 e. The first kappa shape index (κ1) is 16.0. The monoisotopic (exact) mass is 340 g/mol. The van der Waals surface area contributed by atoms with E-state index in [-0.39, 0.29) is 17.7 Å². The molecule has 3 heterocycles. The Morgan fingerprint density at radius 1 is 1.16 bits per heavy atom. The normalized spacial score (nSPS) is 18.1. The standard InChI is InChI=1S/C18H20N4O3/c1-11(2)22-18(23)13-8-4-3-7-12(13)15(21-22)17-20-19-16(25-17)14-9-5-6-10-24-14/h3-4,7-8,11,14H,5-6,9-10H2,1-2H3/t14-/m0/s1. The molecule has 1 aromatic carbocycles. The van der Waals surface area contributed by atoms with Gasteiger partial charge in [-0.2, -0.15) is 5.10 Å². The first-order valence-corrected chi connectivity index (χ1v) is 8.62. The molecular weight excluding hydrogens is 320 g/mol. The molecule has 7 nitrogen and oxygen atoms in total. The zero-order valence-electron chi connectivity index (χ0n) is 14.3. The molecule has 0 unspecified atom stereocenters. The van der Waals surface area contributed by atoms with Gasteiger partial charge in [0.25, 0.3) is 11.4 Å². The Balaban J connectivity index is 1.85. The van der Waals surface area contributed by atoms with Crippen LogP contribution in [0.4, 0.5) is 0 Å². The number of benzene rings is 1. The minimum absolute atomic E-state index is 0.0695. The molecule has 25 heavy (non-hydrogen) atoms. The summed E-state index contributed by atoms with van der Waals surface area (Å²) in [6, 6.07) is 7.29. The third kappa shape index (κ3) is 2.84. The number of fused-ring (bicyclic) bond motifs is 1. The van der Waals surface area contributed by atoms with Crippen LogP contribution in [0.3, 0.4) is 0 Å². The molecule has 1 fully saturated rings. The van der Waals surface area contributed by atoms with E-state index in [4.69, 9.17) is 9.15 Å². The van der Waals surface area contributed by atoms with Gasteiger partial charge in [0.05, 0.1) is 11.4 Å². The second-order valence-corrected chi connectivity index (χ2v) is 6.54. The summed E-state index contributed by atoms with van der Waals surface area (Å²) in [7, 11) is 0. The lowest BCUT2D eigenvalue weighted by molar-refractivity contribution is -0.00127. The molecule has 7 heteroatoms. The Labute approximate surface area is 144 Å². The van der Waals surface area contributed by atoms with Gasteiger partial charge >= 0.3 is 0 Å². The van der Waals surface area contributed by atoms with Gasteiger partial charge in [-0.25, -0.2) is 4.68 Å². The van der Waals surface area contributed by atoms with Crippen LogP contribution in [0, 0.1) is 0 Å². The van der Waals surface area contributed by atoms with Crippen LogP contribution >= 0.6 is 0 Å². The van der Waals surface area contributed by atoms with Gasteiger partial charge in [-0.1, -0.05) is 18.2 Å². The van der Waals surface area contributed by atoms with E-state index in [0.29, 0.717) is 34.9 Å². The van der Waals surface area contributed by atoms with Gasteiger partial charge in [0.2, 0.25) is 5.89 Å². The van der Waals surface area contributed by atoms with E-state index in [0.717, 1.165) is 19.3 Å². The molecule has 0 spiro atoms. The Kier molecular flexibility index (Phi) is 4.09. The quantitative estimate of drug-likeness (QED) is 0.728. The summed E-state index contributed by atoms with van der Waals surface area (Å²) in [6.45, 7) is 4.55. The van der Waals surface area contributed by atoms with Gasteiger partial charge in [-0.15, -0.1) is 10.2 Å². The Bertz CT molecular complexity index is 954. The molecule has 130 valence electrons. The lowest BCUT2D eigenvalue weighted by atomic mass is 10.1. The lowest BCUT2D eigenvalue weighted by Gasteiger charge is -2.18. The zero-order chi connectivity index (χ0) is 17.4. The minimum atomic E-state index is -0.155. The Hall–Kier alpha value is -2.54. The van der Waals surface area contributed by atoms with Crippen LogP contribution in [0.1, 0.15) is 51.1 Å². The van der Waals surface area contributed by atoms with E-state index >= 15 is 0 Å². The second-order valence-electron chi connectivity index (χ2n) is 6.54. The Morgan fingerprint density at radius 2 is 1.96 bits per heavy atom. The first-order chi connectivity index (χ1) is 12.1. The fourth-order valence-corrected chi connectivity index (χ4v) is 3.11. The predicted molar refractivity (Wildman–Crippen MR) is 92.2 cm³/mol. The summed E-state index contributed by atoms with van der Waals surface area (Å²) in [6.07, 6.45) is 2.86. The maximum atomic E-state index is 12.6. The van der Waals surface area contributed by atoms with Crippen molar-refractivity contribution in [3.8, 4) is 11.6 Å². The van der Waals surface area contributed by atoms with Crippen molar-refractivity contribution in [2.75, 3.05) is 6.61 Å². The number of hydrogen-bond acceptors (Lipinski definition) is 6. The van der Waals surface area contributed by atoms with E-state index in [1.807, 2.05) is 32.0 Å². The van der Waals surface area contributed by atoms with Crippen molar-refractivity contribution in [3.05, 3.63) is 40.5 Å². The molecule has 0 aliphatic carbocycles. The summed E-state index contributed by atoms with van der Waals surface area (Å²) in [5.74, 6) is 0.789. The van der Waals surface area contributed by atoms with Crippen molar-refractivity contribution in [2.45, 2.75) is 45.3 Å². The number of ether oxygens (including phenoxy) is 1. The fraction of sp³-hybridized carbons (Fsp3) is 0.444. The highest BCUT2D eigenvalue weighted by Gasteiger charge is 2.24. The molecule has 4 rings (SSSR count). The SMILES string of the molecule is CC(C)n1nc(-c2nnc([C@@H]3CCCCO3)o2)c2ccccc2c1=O. The van der Waals surface area contributed by atoms with Crippen molar-refractivity contribution < 1.29 is 9.15 Å². The lowest BCUT2D eigenvalue weighted by Crippen LogP contribution is -2.25. The fourth-order valence-electron chi connectivity index (χ4n) is 3.11. The molecule has 0 radical (unpaired) electrons. The average Bonchev–Trinajstić information content (AvgIpc) is 3.13. The molecule has 1 atom stereocenters. The molecule has 2 aromatic heterocycles. The number of nitrogens with zero attached hydrogens (tertiary/aromatic N) is 4. The molecule has 0 saturated carbocycles. The van der Waals surface area contributed by atoms with Crippen molar-refractivity contribution in [1.82, 2.24) is 20.0 Å². The molecule has 0 bridgehead atoms. The van der Waals surface area contributed by atoms with E-state index in [1.165, 1.54) is 4.68 Å². The van der Waals surface area contributed by atoms with Crippen LogP contribution in [0.5, 0.6) is 0 Å². The maximum absolute atomic E-state index is 12.6. The van der Waals surface area contributed by atoms with Crippen LogP contribution in [0.15, 0.2) is 33.5 Å². The largest absolute Gasteiger partial charge is 0.416 e. The summed E-state index contributed by atoms with van der Waals surface area (Å²) in [5, 5.41) is 14.1. The van der Waals surface area contributed by atoms with Crippen LogP contribution in [0.25, 0.3) is 22.4 Å². The van der Waals surface area contributed by atoms with Gasteiger partial charge in [0, 0.05) is 12.0 Å². The van der Waals surface area contributed by atoms with Crippen molar-refractivity contribution in [3.63, 3.8) is 0 Å². The van der Waals surface area contributed by atoms with E-state index in [9.17, 15) is 4.79 Å². The van der Waals surface area contributed by atoms with Gasteiger partial charge in [0.1, 0.15) is 6.10 Å². The van der Waals surface area contributed by atoms with Crippen LogP contribution in [-0.2, 0) is 4.74 Å². The number of hydrogen-bond donors (Lipinski definition) is 0. The second kappa shape index (κ2) is 6.40. The summed E-state index contributed by atoms with van der Waals surface area (Å²) in [4.78, 5) is 12.6. The highest BCUT2D eigenvalue weighted by atomic mass is 16.5. The molecule has 1 aliphatic rings. The predicted octanol–water partition coefficient (Wildman–Crippen LogP) is 3.27. The Morgan fingerprint density at radius 3 is 2.68 bits per heavy atom. The van der Waals surface area contributed by atoms with Gasteiger partial charge < -0.3 is 9.15 Å². The molecule has 3 aromatic rings. The molecular formula is C18H20N4O3. The third-order valence-electron chi connectivity index (χ3n) is 4.42. The molecule has 1 aliphatic heterocycles. The molecule has 1 saturated heterocycles. The van der Waals surface area contributed by atoms with Gasteiger partial charge in [0.15, 0.2) is 5.69 Å². The highest BCUT2D eigenvalue weighted by Crippen LogP contribution is 2.30. The zero-order valence-corrected chi connectivity index (χ0v) is 14.3. The number of rotatable bonds is 3. The molecule has 0 N–H and O–H groups in total. The number of aromatic nitrogens is 4. The van der Waals surface area contributed by atoms with Gasteiger partial charge in [-0.3, -0.25) is 4.79 Å². The summed E-state index contributed by atoms with van der Waals surface area (Å²) < 4.78 is 13.0. The van der Waals surface area contributed by atoms with Crippen molar-refractivity contribution >= 4 is 10.8 Å². The summed E-state index contributed by atoms with van der Waals surface area (Å²) >= 11 is 0. The maximum Gasteiger partial charge on any atom is 0.274 e. The van der Waals surface area contributed by atoms with Crippen LogP contribution in [-0.4, -0.2) is 26.6 Å². The first-order valence-electron chi connectivity index (χ1n) is 8.62. The van der Waals surface area contributed by atoms with Gasteiger partial charge in [-0.05, 0) is 39.2 Å². The summed E-state index contributed by atoms with van der Waals surface area (Å²) in [5.41, 5.74) is 0.406. The topological polar surface area (TPSA) is 83.0 Å². The van der Waals surface area contributed by atoms with Crippen molar-refractivity contribution in [2.24, 2.45) is 0 Å². The van der Waals surface area contributed by atoms with Crippen LogP contribution < -0.4 is 5.56 Å².